The Morgan fingerprint density at radius 3 is 2.24 bits per heavy atom. The molecule has 3 aliphatic carbocycles. The molecule has 0 aromatic rings. The summed E-state index contributed by atoms with van der Waals surface area (Å²) in [6.45, 7) is 7.75. The minimum absolute atomic E-state index is 0.643. The molecule has 0 heteroatoms. The second-order valence-corrected chi connectivity index (χ2v) is 7.96. The first-order valence-electron chi connectivity index (χ1n) is 8.06. The molecule has 3 atom stereocenters. The molecule has 3 rings (SSSR count). The molecule has 3 saturated carbocycles. The van der Waals surface area contributed by atoms with Crippen LogP contribution >= 0.6 is 0 Å². The van der Waals surface area contributed by atoms with Crippen LogP contribution in [-0.4, -0.2) is 0 Å². The van der Waals surface area contributed by atoms with E-state index in [1.807, 2.05) is 0 Å². The van der Waals surface area contributed by atoms with E-state index >= 15 is 0 Å². The molecule has 0 nitrogen and oxygen atoms in total. The number of rotatable bonds is 2. The van der Waals surface area contributed by atoms with Gasteiger partial charge in [-0.05, 0) is 54.3 Å². The van der Waals surface area contributed by atoms with Crippen LogP contribution in [0.25, 0.3) is 0 Å². The van der Waals surface area contributed by atoms with Crippen molar-refractivity contribution in [3.8, 4) is 0 Å². The first-order valence-corrected chi connectivity index (χ1v) is 8.06. The first kappa shape index (κ1) is 12.1. The Bertz CT molecular complexity index is 284. The van der Waals surface area contributed by atoms with Crippen molar-refractivity contribution in [2.75, 3.05) is 0 Å². The third-order valence-corrected chi connectivity index (χ3v) is 7.20. The molecule has 0 radical (unpaired) electrons. The van der Waals surface area contributed by atoms with Crippen LogP contribution in [0.15, 0.2) is 0 Å². The molecule has 0 aromatic heterocycles. The van der Waals surface area contributed by atoms with Gasteiger partial charge in [0, 0.05) is 0 Å². The molecule has 0 saturated heterocycles. The lowest BCUT2D eigenvalue weighted by molar-refractivity contribution is 0.0455. The van der Waals surface area contributed by atoms with Gasteiger partial charge >= 0.3 is 0 Å². The summed E-state index contributed by atoms with van der Waals surface area (Å²) >= 11 is 0. The Morgan fingerprint density at radius 2 is 1.71 bits per heavy atom. The van der Waals surface area contributed by atoms with Crippen LogP contribution in [0.1, 0.15) is 78.6 Å². The van der Waals surface area contributed by atoms with E-state index in [1.54, 1.807) is 12.8 Å². The summed E-state index contributed by atoms with van der Waals surface area (Å²) in [4.78, 5) is 0. The van der Waals surface area contributed by atoms with Crippen LogP contribution in [0.4, 0.5) is 0 Å². The zero-order valence-electron chi connectivity index (χ0n) is 12.1. The summed E-state index contributed by atoms with van der Waals surface area (Å²) < 4.78 is 0. The van der Waals surface area contributed by atoms with Gasteiger partial charge in [-0.2, -0.15) is 0 Å². The molecule has 0 aliphatic heterocycles. The lowest BCUT2D eigenvalue weighted by atomic mass is 9.60. The monoisotopic (exact) mass is 234 g/mol. The van der Waals surface area contributed by atoms with Crippen molar-refractivity contribution < 1.29 is 0 Å². The standard InChI is InChI=1S/C17H30/c1-13-11-15-9-10-17(13,16(15,2)3)12-14-7-5-4-6-8-14/h13-15H,4-12H2,1-3H3. The van der Waals surface area contributed by atoms with E-state index in [4.69, 9.17) is 0 Å². The maximum absolute atomic E-state index is 2.59. The van der Waals surface area contributed by atoms with Gasteiger partial charge < -0.3 is 0 Å². The van der Waals surface area contributed by atoms with Crippen molar-refractivity contribution in [3.63, 3.8) is 0 Å². The quantitative estimate of drug-likeness (QED) is 0.598. The molecule has 0 aromatic carbocycles. The molecule has 2 bridgehead atoms. The highest BCUT2D eigenvalue weighted by Crippen LogP contribution is 2.70. The van der Waals surface area contributed by atoms with Crippen LogP contribution < -0.4 is 0 Å². The van der Waals surface area contributed by atoms with Crippen molar-refractivity contribution in [1.82, 2.24) is 0 Å². The Morgan fingerprint density at radius 1 is 1.00 bits per heavy atom. The van der Waals surface area contributed by atoms with Crippen molar-refractivity contribution in [2.24, 2.45) is 28.6 Å². The SMILES string of the molecule is CC1CC2CCC1(CC1CCCCC1)C2(C)C. The minimum atomic E-state index is 0.643. The number of hydrogen-bond donors (Lipinski definition) is 0. The Labute approximate surface area is 108 Å². The largest absolute Gasteiger partial charge is 0.0619 e. The molecular formula is C17H30. The topological polar surface area (TPSA) is 0 Å². The van der Waals surface area contributed by atoms with Gasteiger partial charge in [0.1, 0.15) is 0 Å². The number of fused-ring (bicyclic) bond motifs is 2. The summed E-state index contributed by atoms with van der Waals surface area (Å²) in [6.07, 6.45) is 13.8. The van der Waals surface area contributed by atoms with Gasteiger partial charge in [0.05, 0.1) is 0 Å². The second kappa shape index (κ2) is 4.00. The van der Waals surface area contributed by atoms with E-state index in [-0.39, 0.29) is 0 Å². The zero-order valence-corrected chi connectivity index (χ0v) is 12.1. The fraction of sp³-hybridized carbons (Fsp3) is 1.00. The smallest absolute Gasteiger partial charge is 0.0215 e. The highest BCUT2D eigenvalue weighted by molar-refractivity contribution is 5.11. The summed E-state index contributed by atoms with van der Waals surface area (Å²) in [5, 5.41) is 0. The molecule has 98 valence electrons. The van der Waals surface area contributed by atoms with E-state index in [1.165, 1.54) is 44.9 Å². The Hall–Kier alpha value is 0. The van der Waals surface area contributed by atoms with Crippen LogP contribution in [0, 0.1) is 28.6 Å². The maximum atomic E-state index is 2.59. The molecule has 0 spiro atoms. The number of hydrogen-bond acceptors (Lipinski definition) is 0. The van der Waals surface area contributed by atoms with Gasteiger partial charge in [-0.25, -0.2) is 0 Å². The predicted molar refractivity (Wildman–Crippen MR) is 73.9 cm³/mol. The first-order chi connectivity index (χ1) is 8.06. The molecule has 3 aliphatic rings. The molecule has 3 unspecified atom stereocenters. The van der Waals surface area contributed by atoms with Gasteiger partial charge in [0.25, 0.3) is 0 Å². The normalized spacial score (nSPS) is 45.4. The van der Waals surface area contributed by atoms with E-state index in [9.17, 15) is 0 Å². The fourth-order valence-electron chi connectivity index (χ4n) is 5.94. The second-order valence-electron chi connectivity index (χ2n) is 7.96. The molecule has 0 N–H and O–H groups in total. The van der Waals surface area contributed by atoms with Crippen molar-refractivity contribution in [2.45, 2.75) is 78.6 Å². The van der Waals surface area contributed by atoms with E-state index in [2.05, 4.69) is 20.8 Å². The van der Waals surface area contributed by atoms with Crippen LogP contribution in [0.2, 0.25) is 0 Å². The van der Waals surface area contributed by atoms with Crippen LogP contribution in [0.5, 0.6) is 0 Å². The molecule has 3 fully saturated rings. The van der Waals surface area contributed by atoms with Gasteiger partial charge in [-0.15, -0.1) is 0 Å². The van der Waals surface area contributed by atoms with Gasteiger partial charge in [-0.3, -0.25) is 0 Å². The third-order valence-electron chi connectivity index (χ3n) is 7.20. The van der Waals surface area contributed by atoms with E-state index in [0.29, 0.717) is 5.41 Å². The maximum Gasteiger partial charge on any atom is -0.0215 e. The average Bonchev–Trinajstić information content (AvgIpc) is 2.64. The summed E-state index contributed by atoms with van der Waals surface area (Å²) in [7, 11) is 0. The van der Waals surface area contributed by atoms with E-state index < -0.39 is 0 Å². The highest BCUT2D eigenvalue weighted by Gasteiger charge is 2.62. The van der Waals surface area contributed by atoms with Gasteiger partial charge in [-0.1, -0.05) is 52.9 Å². The van der Waals surface area contributed by atoms with Gasteiger partial charge in [0.15, 0.2) is 0 Å². The van der Waals surface area contributed by atoms with Crippen molar-refractivity contribution in [3.05, 3.63) is 0 Å². The predicted octanol–water partition coefficient (Wildman–Crippen LogP) is 5.42. The van der Waals surface area contributed by atoms with Crippen LogP contribution in [-0.2, 0) is 0 Å². The minimum Gasteiger partial charge on any atom is -0.0619 e. The van der Waals surface area contributed by atoms with Gasteiger partial charge in [0.2, 0.25) is 0 Å². The summed E-state index contributed by atoms with van der Waals surface area (Å²) in [5.74, 6) is 3.11. The van der Waals surface area contributed by atoms with Crippen molar-refractivity contribution in [1.29, 1.82) is 0 Å². The third kappa shape index (κ3) is 1.62. The van der Waals surface area contributed by atoms with Crippen molar-refractivity contribution >= 4 is 0 Å². The Kier molecular flexibility index (Phi) is 2.84. The summed E-state index contributed by atoms with van der Waals surface area (Å²) in [6, 6.07) is 0. The fourth-order valence-corrected chi connectivity index (χ4v) is 5.94. The molecule has 0 amide bonds. The zero-order chi connectivity index (χ0) is 12.1. The lowest BCUT2D eigenvalue weighted by Crippen LogP contribution is -2.37. The molecular weight excluding hydrogens is 204 g/mol. The highest BCUT2D eigenvalue weighted by atomic mass is 14.7. The summed E-state index contributed by atoms with van der Waals surface area (Å²) in [5.41, 5.74) is 1.36. The Balaban J connectivity index is 1.79. The lowest BCUT2D eigenvalue weighted by Gasteiger charge is -2.45. The molecule has 0 heterocycles. The molecule has 17 heavy (non-hydrogen) atoms. The average molecular weight is 234 g/mol. The van der Waals surface area contributed by atoms with E-state index in [0.717, 1.165) is 23.2 Å². The van der Waals surface area contributed by atoms with Crippen LogP contribution in [0.3, 0.4) is 0 Å².